The zero-order valence-electron chi connectivity index (χ0n) is 18.0. The van der Waals surface area contributed by atoms with Crippen LogP contribution in [0.5, 0.6) is 0 Å². The maximum atomic E-state index is 12.7. The van der Waals surface area contributed by atoms with Gasteiger partial charge in [0.25, 0.3) is 0 Å². The molecular formula is C25H24N2O5. The predicted octanol–water partition coefficient (Wildman–Crippen LogP) is 3.68. The van der Waals surface area contributed by atoms with E-state index in [-0.39, 0.29) is 18.9 Å². The lowest BCUT2D eigenvalue weighted by atomic mass is 10.1. The minimum absolute atomic E-state index is 0.276. The first-order chi connectivity index (χ1) is 15.4. The van der Waals surface area contributed by atoms with Gasteiger partial charge in [-0.2, -0.15) is 0 Å². The first kappa shape index (κ1) is 21.4. The second-order valence-corrected chi connectivity index (χ2v) is 7.68. The molecular weight excluding hydrogens is 408 g/mol. The van der Waals surface area contributed by atoms with E-state index < -0.39 is 11.7 Å². The number of aryl methyl sites for hydroxylation is 2. The number of carbonyl (C=O) groups is 2. The minimum atomic E-state index is -0.676. The van der Waals surface area contributed by atoms with E-state index >= 15 is 0 Å². The van der Waals surface area contributed by atoms with Crippen LogP contribution in [0.15, 0.2) is 69.9 Å². The second kappa shape index (κ2) is 9.09. The highest BCUT2D eigenvalue weighted by Crippen LogP contribution is 2.17. The molecule has 0 radical (unpaired) electrons. The number of ketones is 1. The number of oxazole rings is 1. The quantitative estimate of drug-likeness (QED) is 0.313. The van der Waals surface area contributed by atoms with Crippen LogP contribution >= 0.6 is 0 Å². The highest BCUT2D eigenvalue weighted by Gasteiger charge is 2.19. The van der Waals surface area contributed by atoms with Gasteiger partial charge in [-0.3, -0.25) is 14.2 Å². The van der Waals surface area contributed by atoms with Gasteiger partial charge < -0.3 is 13.7 Å². The third-order valence-electron chi connectivity index (χ3n) is 5.57. The molecule has 2 heterocycles. The predicted molar refractivity (Wildman–Crippen MR) is 120 cm³/mol. The summed E-state index contributed by atoms with van der Waals surface area (Å²) in [5, 5.41) is 0. The van der Waals surface area contributed by atoms with Gasteiger partial charge in [-0.05, 0) is 44.0 Å². The Balaban J connectivity index is 1.39. The molecule has 0 fully saturated rings. The molecule has 0 saturated heterocycles. The summed E-state index contributed by atoms with van der Waals surface area (Å²) in [5.41, 5.74) is 4.48. The summed E-state index contributed by atoms with van der Waals surface area (Å²) >= 11 is 0. The van der Waals surface area contributed by atoms with Crippen LogP contribution in [-0.2, 0) is 29.0 Å². The summed E-state index contributed by atoms with van der Waals surface area (Å²) in [6.45, 7) is 3.90. The number of esters is 1. The van der Waals surface area contributed by atoms with Gasteiger partial charge in [0.2, 0.25) is 5.78 Å². The van der Waals surface area contributed by atoms with E-state index in [2.05, 4.69) is 16.7 Å². The number of hydrogen-bond donors (Lipinski definition) is 0. The van der Waals surface area contributed by atoms with Crippen molar-refractivity contribution in [2.75, 3.05) is 6.61 Å². The molecule has 4 rings (SSSR count). The Morgan fingerprint density at radius 1 is 0.969 bits per heavy atom. The molecule has 0 saturated carbocycles. The van der Waals surface area contributed by atoms with E-state index in [1.165, 1.54) is 10.1 Å². The third kappa shape index (κ3) is 4.42. The van der Waals surface area contributed by atoms with Crippen molar-refractivity contribution in [3.63, 3.8) is 0 Å². The highest BCUT2D eigenvalue weighted by atomic mass is 16.5. The number of carbonyl (C=O) groups excluding carboxylic acids is 2. The number of benzene rings is 2. The number of Topliss-reactive ketones (excluding diaryl/α,β-unsaturated/α-hetero) is 1. The van der Waals surface area contributed by atoms with Crippen LogP contribution in [-0.4, -0.2) is 27.5 Å². The Kier molecular flexibility index (Phi) is 6.07. The van der Waals surface area contributed by atoms with E-state index in [0.29, 0.717) is 16.7 Å². The molecule has 4 aromatic rings. The average molecular weight is 432 g/mol. The number of ether oxygens (including phenoxy) is 1. The first-order valence-corrected chi connectivity index (χ1v) is 10.4. The molecule has 7 nitrogen and oxygen atoms in total. The summed E-state index contributed by atoms with van der Waals surface area (Å²) in [6.07, 6.45) is 0.854. The molecule has 0 aliphatic rings. The number of hydrogen-bond acceptors (Lipinski definition) is 5. The molecule has 0 aliphatic heterocycles. The van der Waals surface area contributed by atoms with Crippen LogP contribution in [0.4, 0.5) is 0 Å². The number of fused-ring (bicyclic) bond motifs is 1. The second-order valence-electron chi connectivity index (χ2n) is 7.68. The van der Waals surface area contributed by atoms with Crippen molar-refractivity contribution in [3.8, 4) is 0 Å². The van der Waals surface area contributed by atoms with Crippen molar-refractivity contribution >= 4 is 22.9 Å². The molecule has 0 spiro atoms. The van der Waals surface area contributed by atoms with Crippen molar-refractivity contribution < 1.29 is 18.7 Å². The lowest BCUT2D eigenvalue weighted by molar-refractivity contribution is -0.143. The molecule has 32 heavy (non-hydrogen) atoms. The average Bonchev–Trinajstić information content (AvgIpc) is 3.26. The van der Waals surface area contributed by atoms with Crippen LogP contribution in [0.2, 0.25) is 0 Å². The van der Waals surface area contributed by atoms with Crippen LogP contribution < -0.4 is 5.76 Å². The fourth-order valence-corrected chi connectivity index (χ4v) is 3.88. The van der Waals surface area contributed by atoms with Gasteiger partial charge in [-0.25, -0.2) is 4.79 Å². The maximum Gasteiger partial charge on any atom is 0.420 e. The largest absolute Gasteiger partial charge is 0.456 e. The van der Waals surface area contributed by atoms with E-state index in [1.54, 1.807) is 24.3 Å². The molecule has 164 valence electrons. The summed E-state index contributed by atoms with van der Waals surface area (Å²) in [5.74, 6) is -1.59. The zero-order valence-corrected chi connectivity index (χ0v) is 18.0. The Morgan fingerprint density at radius 2 is 1.69 bits per heavy atom. The van der Waals surface area contributed by atoms with Gasteiger partial charge in [0, 0.05) is 23.5 Å². The number of para-hydroxylation sites is 2. The summed E-state index contributed by atoms with van der Waals surface area (Å²) in [7, 11) is 0. The smallest absolute Gasteiger partial charge is 0.420 e. The van der Waals surface area contributed by atoms with Crippen LogP contribution in [0, 0.1) is 13.8 Å². The first-order valence-electron chi connectivity index (χ1n) is 10.4. The van der Waals surface area contributed by atoms with Crippen molar-refractivity contribution in [2.45, 2.75) is 33.4 Å². The zero-order chi connectivity index (χ0) is 22.7. The molecule has 0 unspecified atom stereocenters. The lowest BCUT2D eigenvalue weighted by Crippen LogP contribution is -2.23. The maximum absolute atomic E-state index is 12.7. The molecule has 0 bridgehead atoms. The van der Waals surface area contributed by atoms with Gasteiger partial charge in [0.05, 0.1) is 5.52 Å². The Morgan fingerprint density at radius 3 is 2.47 bits per heavy atom. The van der Waals surface area contributed by atoms with Crippen LogP contribution in [0.3, 0.4) is 0 Å². The number of rotatable bonds is 8. The molecule has 0 aliphatic carbocycles. The molecule has 2 aromatic carbocycles. The fourth-order valence-electron chi connectivity index (χ4n) is 3.88. The van der Waals surface area contributed by atoms with Gasteiger partial charge >= 0.3 is 11.7 Å². The van der Waals surface area contributed by atoms with Crippen molar-refractivity contribution in [1.29, 1.82) is 0 Å². The third-order valence-corrected chi connectivity index (χ3v) is 5.57. The summed E-state index contributed by atoms with van der Waals surface area (Å²) in [6, 6.07) is 18.8. The van der Waals surface area contributed by atoms with Crippen LogP contribution in [0.25, 0.3) is 11.1 Å². The Bertz CT molecular complexity index is 1330. The standard InChI is InChI=1S/C25H24N2O5/c1-17-14-20(18(2)26(17)13-12-19-8-4-3-5-9-19)22(28)16-31-24(29)15-27-21-10-6-7-11-23(21)32-25(27)30/h3-11,14H,12-13,15-16H2,1-2H3. The van der Waals surface area contributed by atoms with E-state index in [1.807, 2.05) is 38.1 Å². The van der Waals surface area contributed by atoms with Gasteiger partial charge in [0.1, 0.15) is 6.54 Å². The van der Waals surface area contributed by atoms with E-state index in [4.69, 9.17) is 9.15 Å². The normalized spacial score (nSPS) is 11.1. The molecule has 7 heteroatoms. The number of nitrogens with zero attached hydrogens (tertiary/aromatic N) is 2. The lowest BCUT2D eigenvalue weighted by Gasteiger charge is -2.10. The molecule has 0 amide bonds. The van der Waals surface area contributed by atoms with Gasteiger partial charge in [0.15, 0.2) is 12.2 Å². The van der Waals surface area contributed by atoms with Crippen molar-refractivity contribution in [1.82, 2.24) is 9.13 Å². The van der Waals surface area contributed by atoms with E-state index in [0.717, 1.165) is 24.4 Å². The van der Waals surface area contributed by atoms with E-state index in [9.17, 15) is 14.4 Å². The Labute approximate surface area is 184 Å². The SMILES string of the molecule is Cc1cc(C(=O)COC(=O)Cn2c(=O)oc3ccccc32)c(C)n1CCc1ccccc1. The fraction of sp³-hybridized carbons (Fsp3) is 0.240. The minimum Gasteiger partial charge on any atom is -0.456 e. The van der Waals surface area contributed by atoms with Gasteiger partial charge in [-0.1, -0.05) is 42.5 Å². The summed E-state index contributed by atoms with van der Waals surface area (Å²) in [4.78, 5) is 37.0. The Hall–Kier alpha value is -3.87. The summed E-state index contributed by atoms with van der Waals surface area (Å²) < 4.78 is 13.6. The van der Waals surface area contributed by atoms with Crippen molar-refractivity contribution in [2.24, 2.45) is 0 Å². The highest BCUT2D eigenvalue weighted by molar-refractivity contribution is 5.99. The topological polar surface area (TPSA) is 83.4 Å². The molecule has 0 N–H and O–H groups in total. The van der Waals surface area contributed by atoms with Crippen molar-refractivity contribution in [3.05, 3.63) is 93.7 Å². The van der Waals surface area contributed by atoms with Gasteiger partial charge in [-0.15, -0.1) is 0 Å². The molecule has 0 atom stereocenters. The monoisotopic (exact) mass is 432 g/mol. The number of aromatic nitrogens is 2. The molecule has 2 aromatic heterocycles. The van der Waals surface area contributed by atoms with Crippen LogP contribution in [0.1, 0.15) is 27.3 Å².